The lowest BCUT2D eigenvalue weighted by molar-refractivity contribution is -0.342. The van der Waals surface area contributed by atoms with E-state index in [1.54, 1.807) is 0 Å². The van der Waals surface area contributed by atoms with E-state index in [9.17, 15) is 24.9 Å². The lowest BCUT2D eigenvalue weighted by Gasteiger charge is -2.50. The molecule has 2 saturated heterocycles. The number of carbonyl (C=O) groups excluding carboxylic acids is 2. The zero-order valence-corrected chi connectivity index (χ0v) is 28.1. The Morgan fingerprint density at radius 1 is 0.872 bits per heavy atom. The molecule has 0 aromatic heterocycles. The molecule has 4 unspecified atom stereocenters. The fraction of sp³-hybridized carbons (Fsp3) is 0.913. The Kier molecular flexibility index (Phi) is 12.3. The number of hydrogen-bond acceptors (Lipinski definition) is 12. The second-order valence-corrected chi connectivity index (χ2v) is 22.0. The Bertz CT molecular complexity index is 825. The van der Waals surface area contributed by atoms with Gasteiger partial charge in [-0.3, -0.25) is 9.59 Å². The third-order valence-electron chi connectivity index (χ3n) is 6.41. The van der Waals surface area contributed by atoms with Gasteiger partial charge in [0.2, 0.25) is 14.2 Å². The minimum Gasteiger partial charge on any atom is -0.518 e. The van der Waals surface area contributed by atoms with Crippen molar-refractivity contribution in [3.63, 3.8) is 0 Å². The summed E-state index contributed by atoms with van der Waals surface area (Å²) in [6.07, 6.45) is -11.7. The van der Waals surface area contributed by atoms with Gasteiger partial charge in [-0.1, -0.05) is 6.55 Å². The molecule has 1 amide bonds. The van der Waals surface area contributed by atoms with Crippen molar-refractivity contribution in [3.05, 3.63) is 0 Å². The van der Waals surface area contributed by atoms with Crippen molar-refractivity contribution >= 4 is 38.2 Å². The van der Waals surface area contributed by atoms with Gasteiger partial charge in [-0.05, 0) is 39.3 Å². The lowest BCUT2D eigenvalue weighted by Crippen LogP contribution is -2.69. The van der Waals surface area contributed by atoms with Crippen LogP contribution in [-0.4, -0.2) is 140 Å². The number of aliphatic hydroxyl groups excluding tert-OH is 3. The first-order valence-corrected chi connectivity index (χ1v) is 22.0. The molecule has 0 saturated carbocycles. The van der Waals surface area contributed by atoms with Crippen LogP contribution in [0.25, 0.3) is 0 Å². The fourth-order valence-corrected chi connectivity index (χ4v) is 7.28. The Morgan fingerprint density at radius 2 is 1.49 bits per heavy atom. The van der Waals surface area contributed by atoms with E-state index in [4.69, 9.17) is 32.5 Å². The molecule has 3 N–H and O–H groups in total. The largest absolute Gasteiger partial charge is 0.518 e. The van der Waals surface area contributed by atoms with Gasteiger partial charge in [0.1, 0.15) is 52.3 Å². The predicted molar refractivity (Wildman–Crippen MR) is 147 cm³/mol. The molecular weight excluding hydrogens is 567 g/mol. The molecule has 2 rings (SSSR count). The second kappa shape index (κ2) is 13.9. The number of nitrogens with zero attached hydrogens (tertiary/aromatic N) is 1. The van der Waals surface area contributed by atoms with E-state index in [1.165, 1.54) is 25.7 Å². The highest BCUT2D eigenvalue weighted by molar-refractivity contribution is 6.71. The number of amides is 1. The SMILES string of the molecule is COC1[C@H](O)C(N([SiH2]C)C(C)=O)C(OC2[C@@H](C(=O)O[Si](C)(C)C)O[C@H](OC)[C@H](O)[C@H]2O)O[C@@H]1CO[Si](C)(C)C. The van der Waals surface area contributed by atoms with Gasteiger partial charge >= 0.3 is 5.97 Å². The zero-order valence-electron chi connectivity index (χ0n) is 24.7. The molecule has 228 valence electrons. The number of hydrogen-bond donors (Lipinski definition) is 3. The molecule has 2 aliphatic rings. The van der Waals surface area contributed by atoms with Crippen LogP contribution in [0.5, 0.6) is 0 Å². The maximum absolute atomic E-state index is 13.2. The molecule has 16 heteroatoms. The summed E-state index contributed by atoms with van der Waals surface area (Å²) in [5.74, 6) is -1.09. The molecule has 13 nitrogen and oxygen atoms in total. The van der Waals surface area contributed by atoms with Gasteiger partial charge in [-0.15, -0.1) is 0 Å². The quantitative estimate of drug-likeness (QED) is 0.248. The first-order chi connectivity index (χ1) is 17.9. The molecule has 0 radical (unpaired) electrons. The van der Waals surface area contributed by atoms with E-state index in [-0.39, 0.29) is 12.5 Å². The first-order valence-electron chi connectivity index (χ1n) is 13.2. The van der Waals surface area contributed by atoms with Crippen molar-refractivity contribution in [1.29, 1.82) is 0 Å². The summed E-state index contributed by atoms with van der Waals surface area (Å²) >= 11 is 0. The topological polar surface area (TPSA) is 163 Å². The molecule has 10 atom stereocenters. The maximum atomic E-state index is 13.2. The molecule has 0 bridgehead atoms. The van der Waals surface area contributed by atoms with Crippen molar-refractivity contribution in [2.75, 3.05) is 20.8 Å². The minimum absolute atomic E-state index is 0.0840. The van der Waals surface area contributed by atoms with Crippen molar-refractivity contribution in [2.24, 2.45) is 0 Å². The van der Waals surface area contributed by atoms with Gasteiger partial charge in [0.15, 0.2) is 27.0 Å². The highest BCUT2D eigenvalue weighted by Gasteiger charge is 2.55. The number of rotatable bonds is 11. The van der Waals surface area contributed by atoms with Gasteiger partial charge in [0.25, 0.3) is 0 Å². The van der Waals surface area contributed by atoms with Crippen LogP contribution in [0.2, 0.25) is 45.8 Å². The van der Waals surface area contributed by atoms with Gasteiger partial charge in [0.05, 0.1) is 6.61 Å². The second-order valence-electron chi connectivity index (χ2n) is 11.7. The highest BCUT2D eigenvalue weighted by Crippen LogP contribution is 2.33. The van der Waals surface area contributed by atoms with Crippen molar-refractivity contribution in [1.82, 2.24) is 4.57 Å². The summed E-state index contributed by atoms with van der Waals surface area (Å²) in [6.45, 7) is 14.8. The Hall–Kier alpha value is -0.769. The van der Waals surface area contributed by atoms with Crippen LogP contribution >= 0.6 is 0 Å². The molecule has 0 spiro atoms. The number of carbonyl (C=O) groups is 2. The summed E-state index contributed by atoms with van der Waals surface area (Å²) in [4.78, 5) is 25.8. The third-order valence-corrected chi connectivity index (χ3v) is 9.80. The van der Waals surface area contributed by atoms with E-state index in [0.29, 0.717) is 0 Å². The van der Waals surface area contributed by atoms with Crippen LogP contribution in [-0.2, 0) is 42.1 Å². The summed E-state index contributed by atoms with van der Waals surface area (Å²) in [5, 5.41) is 33.1. The molecule has 2 heterocycles. The molecule has 2 aliphatic heterocycles. The normalized spacial score (nSPS) is 36.2. The van der Waals surface area contributed by atoms with Gasteiger partial charge in [0, 0.05) is 21.1 Å². The van der Waals surface area contributed by atoms with E-state index >= 15 is 0 Å². The first kappa shape index (κ1) is 34.4. The molecule has 0 aromatic carbocycles. The monoisotopic (exact) mass is 613 g/mol. The highest BCUT2D eigenvalue weighted by atomic mass is 28.4. The minimum atomic E-state index is -2.39. The average molecular weight is 614 g/mol. The molecule has 0 aromatic rings. The van der Waals surface area contributed by atoms with Crippen LogP contribution in [0.3, 0.4) is 0 Å². The third kappa shape index (κ3) is 8.86. The fourth-order valence-electron chi connectivity index (χ4n) is 4.64. The van der Waals surface area contributed by atoms with E-state index < -0.39 is 93.6 Å². The van der Waals surface area contributed by atoms with Gasteiger partial charge < -0.3 is 52.4 Å². The molecular formula is C23H47NO12Si3. The lowest BCUT2D eigenvalue weighted by atomic mass is 9.95. The smallest absolute Gasteiger partial charge is 0.324 e. The Morgan fingerprint density at radius 3 is 1.95 bits per heavy atom. The van der Waals surface area contributed by atoms with Crippen LogP contribution in [0.1, 0.15) is 6.92 Å². The number of aliphatic hydroxyl groups is 3. The van der Waals surface area contributed by atoms with E-state index in [1.807, 2.05) is 45.8 Å². The number of ether oxygens (including phenoxy) is 5. The maximum Gasteiger partial charge on any atom is 0.324 e. The summed E-state index contributed by atoms with van der Waals surface area (Å²) in [5.41, 5.74) is 0. The van der Waals surface area contributed by atoms with Crippen molar-refractivity contribution in [3.8, 4) is 0 Å². The van der Waals surface area contributed by atoms with E-state index in [0.717, 1.165) is 0 Å². The van der Waals surface area contributed by atoms with Crippen molar-refractivity contribution in [2.45, 2.75) is 114 Å². The van der Waals surface area contributed by atoms with Crippen LogP contribution in [0.15, 0.2) is 0 Å². The Balaban J connectivity index is 2.50. The Labute approximate surface area is 235 Å². The standard InChI is InChI=1S/C23H47NO12Si3/c1-12(25)24(37-4)14-15(26)18(30-2)13(11-32-38(5,6)7)33-22(14)34-19-16(27)17(28)23(31-3)35-20(19)21(29)36-39(8,9)10/h13-20,22-23,26-28H,11,37H2,1-10H3/t13-,14?,15-,16-,17-,18?,19?,20+,22?,23+/m1/s1. The number of methoxy groups -OCH3 is 2. The summed E-state index contributed by atoms with van der Waals surface area (Å²) in [6, 6.07) is -1.02. The summed E-state index contributed by atoms with van der Waals surface area (Å²) in [7, 11) is -2.89. The molecule has 39 heavy (non-hydrogen) atoms. The summed E-state index contributed by atoms with van der Waals surface area (Å²) < 4.78 is 42.0. The molecule has 2 fully saturated rings. The predicted octanol–water partition coefficient (Wildman–Crippen LogP) is -0.856. The van der Waals surface area contributed by atoms with Crippen LogP contribution < -0.4 is 0 Å². The van der Waals surface area contributed by atoms with Crippen molar-refractivity contribution < 1.29 is 57.4 Å². The average Bonchev–Trinajstić information content (AvgIpc) is 2.81. The van der Waals surface area contributed by atoms with Gasteiger partial charge in [-0.25, -0.2) is 0 Å². The van der Waals surface area contributed by atoms with Gasteiger partial charge in [-0.2, -0.15) is 0 Å². The van der Waals surface area contributed by atoms with E-state index in [2.05, 4.69) is 0 Å². The van der Waals surface area contributed by atoms with Crippen LogP contribution in [0, 0.1) is 0 Å². The zero-order chi connectivity index (χ0) is 29.9. The van der Waals surface area contributed by atoms with Crippen LogP contribution in [0.4, 0.5) is 0 Å². The molecule has 0 aliphatic carbocycles.